The molecule has 1 unspecified atom stereocenters. The number of nitrogen functional groups attached to an aromatic ring is 1. The monoisotopic (exact) mass is 351 g/mol. The van der Waals surface area contributed by atoms with Crippen molar-refractivity contribution in [1.82, 2.24) is 20.1 Å². The average molecular weight is 351 g/mol. The first-order valence-corrected chi connectivity index (χ1v) is 8.67. The zero-order valence-corrected chi connectivity index (χ0v) is 14.8. The maximum atomic E-state index is 12.8. The highest BCUT2D eigenvalue weighted by atomic mass is 16.4. The summed E-state index contributed by atoms with van der Waals surface area (Å²) >= 11 is 0. The molecule has 4 rings (SSSR count). The Balaban J connectivity index is 1.57. The average Bonchev–Trinajstić information content (AvgIpc) is 3.20. The van der Waals surface area contributed by atoms with Crippen LogP contribution in [-0.4, -0.2) is 20.7 Å². The summed E-state index contributed by atoms with van der Waals surface area (Å²) in [7, 11) is 1.82. The predicted molar refractivity (Wildman–Crippen MR) is 97.4 cm³/mol. The topological polar surface area (TPSA) is 99.0 Å². The molecular weight excluding hydrogens is 330 g/mol. The van der Waals surface area contributed by atoms with Crippen LogP contribution in [0.5, 0.6) is 0 Å². The van der Waals surface area contributed by atoms with Gasteiger partial charge in [-0.1, -0.05) is 6.07 Å². The first-order chi connectivity index (χ1) is 12.5. The van der Waals surface area contributed by atoms with E-state index in [1.807, 2.05) is 25.2 Å². The highest BCUT2D eigenvalue weighted by Gasteiger charge is 2.25. The lowest BCUT2D eigenvalue weighted by atomic mass is 9.87. The van der Waals surface area contributed by atoms with E-state index in [-0.39, 0.29) is 11.9 Å². The van der Waals surface area contributed by atoms with E-state index in [9.17, 15) is 4.79 Å². The Hall–Kier alpha value is -3.09. The van der Waals surface area contributed by atoms with Crippen molar-refractivity contribution in [3.8, 4) is 11.5 Å². The van der Waals surface area contributed by atoms with Crippen molar-refractivity contribution in [3.05, 3.63) is 53.2 Å². The van der Waals surface area contributed by atoms with Crippen molar-refractivity contribution < 1.29 is 9.21 Å². The molecule has 7 heteroatoms. The zero-order valence-electron chi connectivity index (χ0n) is 14.8. The van der Waals surface area contributed by atoms with Gasteiger partial charge in [0.25, 0.3) is 5.91 Å². The van der Waals surface area contributed by atoms with Gasteiger partial charge in [-0.15, -0.1) is 0 Å². The molecule has 7 nitrogen and oxygen atoms in total. The number of aromatic nitrogens is 3. The summed E-state index contributed by atoms with van der Waals surface area (Å²) in [6, 6.07) is 5.84. The summed E-state index contributed by atoms with van der Waals surface area (Å²) in [6.07, 6.45) is 6.36. The molecule has 0 saturated heterocycles. The molecule has 3 aromatic rings. The molecule has 2 aromatic heterocycles. The van der Waals surface area contributed by atoms with E-state index in [1.54, 1.807) is 24.0 Å². The Labute approximate surface area is 151 Å². The lowest BCUT2D eigenvalue weighted by Gasteiger charge is -2.26. The fraction of sp³-hybridized carbons (Fsp3) is 0.316. The molecular formula is C19H21N5O2. The van der Waals surface area contributed by atoms with Crippen LogP contribution in [0.1, 0.15) is 46.3 Å². The van der Waals surface area contributed by atoms with Gasteiger partial charge in [0.2, 0.25) is 5.89 Å². The van der Waals surface area contributed by atoms with Crippen LogP contribution in [-0.2, 0) is 13.5 Å². The van der Waals surface area contributed by atoms with Crippen molar-refractivity contribution in [1.29, 1.82) is 0 Å². The fourth-order valence-electron chi connectivity index (χ4n) is 3.47. The molecule has 26 heavy (non-hydrogen) atoms. The second kappa shape index (κ2) is 6.33. The lowest BCUT2D eigenvalue weighted by molar-refractivity contribution is 0.0927. The SMILES string of the molecule is Cc1oc(-c2cnn(C)c2)nc1C(=O)NC1CCCc2cc(N)ccc21. The molecule has 1 aliphatic rings. The third-order valence-electron chi connectivity index (χ3n) is 4.75. The van der Waals surface area contributed by atoms with E-state index >= 15 is 0 Å². The van der Waals surface area contributed by atoms with Gasteiger partial charge in [0.1, 0.15) is 5.76 Å². The quantitative estimate of drug-likeness (QED) is 0.707. The van der Waals surface area contributed by atoms with Gasteiger partial charge in [0.15, 0.2) is 5.69 Å². The molecule has 0 radical (unpaired) electrons. The van der Waals surface area contributed by atoms with Crippen LogP contribution < -0.4 is 11.1 Å². The molecule has 1 atom stereocenters. The Morgan fingerprint density at radius 1 is 1.42 bits per heavy atom. The van der Waals surface area contributed by atoms with Crippen LogP contribution in [0.2, 0.25) is 0 Å². The molecule has 1 aromatic carbocycles. The smallest absolute Gasteiger partial charge is 0.274 e. The van der Waals surface area contributed by atoms with Crippen molar-refractivity contribution in [3.63, 3.8) is 0 Å². The number of fused-ring (bicyclic) bond motifs is 1. The van der Waals surface area contributed by atoms with Crippen LogP contribution in [0.4, 0.5) is 5.69 Å². The third kappa shape index (κ3) is 2.96. The lowest BCUT2D eigenvalue weighted by Crippen LogP contribution is -2.31. The second-order valence-corrected chi connectivity index (χ2v) is 6.70. The van der Waals surface area contributed by atoms with Gasteiger partial charge < -0.3 is 15.5 Å². The van der Waals surface area contributed by atoms with Crippen LogP contribution in [0.3, 0.4) is 0 Å². The first kappa shape index (κ1) is 16.4. The number of benzene rings is 1. The van der Waals surface area contributed by atoms with E-state index in [0.29, 0.717) is 17.3 Å². The van der Waals surface area contributed by atoms with Crippen LogP contribution in [0, 0.1) is 6.92 Å². The molecule has 0 saturated carbocycles. The number of oxazole rings is 1. The van der Waals surface area contributed by atoms with E-state index < -0.39 is 0 Å². The minimum Gasteiger partial charge on any atom is -0.440 e. The van der Waals surface area contributed by atoms with Gasteiger partial charge in [-0.2, -0.15) is 5.10 Å². The minimum atomic E-state index is -0.226. The second-order valence-electron chi connectivity index (χ2n) is 6.70. The summed E-state index contributed by atoms with van der Waals surface area (Å²) in [5.74, 6) is 0.670. The highest BCUT2D eigenvalue weighted by molar-refractivity contribution is 5.94. The normalized spacial score (nSPS) is 16.3. The minimum absolute atomic E-state index is 0.0372. The van der Waals surface area contributed by atoms with E-state index in [0.717, 1.165) is 36.1 Å². The third-order valence-corrected chi connectivity index (χ3v) is 4.75. The molecule has 0 fully saturated rings. The van der Waals surface area contributed by atoms with E-state index in [2.05, 4.69) is 15.4 Å². The van der Waals surface area contributed by atoms with Crippen molar-refractivity contribution in [2.24, 2.45) is 7.05 Å². The Morgan fingerprint density at radius 2 is 2.27 bits per heavy atom. The van der Waals surface area contributed by atoms with Gasteiger partial charge >= 0.3 is 0 Å². The number of nitrogens with zero attached hydrogens (tertiary/aromatic N) is 3. The maximum absolute atomic E-state index is 12.8. The van der Waals surface area contributed by atoms with Crippen LogP contribution in [0.25, 0.3) is 11.5 Å². The van der Waals surface area contributed by atoms with Gasteiger partial charge in [-0.05, 0) is 49.4 Å². The molecule has 2 heterocycles. The van der Waals surface area contributed by atoms with Crippen molar-refractivity contribution in [2.75, 3.05) is 5.73 Å². The van der Waals surface area contributed by atoms with E-state index in [1.165, 1.54) is 5.56 Å². The standard InChI is InChI=1S/C19H21N5O2/c1-11-17(23-19(26-11)13-9-21-24(2)10-13)18(25)22-16-5-3-4-12-8-14(20)6-7-15(12)16/h6-10,16H,3-5,20H2,1-2H3,(H,22,25). The maximum Gasteiger partial charge on any atom is 0.274 e. The van der Waals surface area contributed by atoms with Crippen molar-refractivity contribution >= 4 is 11.6 Å². The summed E-state index contributed by atoms with van der Waals surface area (Å²) in [5.41, 5.74) is 10.0. The van der Waals surface area contributed by atoms with Crippen LogP contribution >= 0.6 is 0 Å². The van der Waals surface area contributed by atoms with Gasteiger partial charge in [0.05, 0.1) is 17.8 Å². The number of nitrogens with one attached hydrogen (secondary N) is 1. The molecule has 0 bridgehead atoms. The fourth-order valence-corrected chi connectivity index (χ4v) is 3.47. The molecule has 1 aliphatic carbocycles. The molecule has 3 N–H and O–H groups in total. The number of hydrogen-bond acceptors (Lipinski definition) is 5. The summed E-state index contributed by atoms with van der Waals surface area (Å²) in [5, 5.41) is 7.21. The summed E-state index contributed by atoms with van der Waals surface area (Å²) in [4.78, 5) is 17.2. The number of carbonyl (C=O) groups excluding carboxylic acids is 1. The molecule has 0 spiro atoms. The number of carbonyl (C=O) groups is 1. The molecule has 0 aliphatic heterocycles. The number of rotatable bonds is 3. The highest BCUT2D eigenvalue weighted by Crippen LogP contribution is 2.31. The van der Waals surface area contributed by atoms with Gasteiger partial charge in [-0.25, -0.2) is 4.98 Å². The predicted octanol–water partition coefficient (Wildman–Crippen LogP) is 2.77. The molecule has 134 valence electrons. The number of nitrogens with two attached hydrogens (primary N) is 1. The first-order valence-electron chi connectivity index (χ1n) is 8.67. The number of hydrogen-bond donors (Lipinski definition) is 2. The van der Waals surface area contributed by atoms with Gasteiger partial charge in [-0.3, -0.25) is 9.48 Å². The van der Waals surface area contributed by atoms with Crippen molar-refractivity contribution in [2.45, 2.75) is 32.2 Å². The zero-order chi connectivity index (χ0) is 18.3. The van der Waals surface area contributed by atoms with Crippen LogP contribution in [0.15, 0.2) is 35.0 Å². The Bertz CT molecular complexity index is 972. The summed E-state index contributed by atoms with van der Waals surface area (Å²) < 4.78 is 7.33. The number of amides is 1. The Morgan fingerprint density at radius 3 is 3.04 bits per heavy atom. The largest absolute Gasteiger partial charge is 0.440 e. The van der Waals surface area contributed by atoms with E-state index in [4.69, 9.17) is 10.2 Å². The number of aryl methyl sites for hydroxylation is 3. The molecule has 1 amide bonds. The van der Waals surface area contributed by atoms with Gasteiger partial charge in [0, 0.05) is 18.9 Å². The number of anilines is 1. The summed E-state index contributed by atoms with van der Waals surface area (Å²) in [6.45, 7) is 1.75. The Kier molecular flexibility index (Phi) is 3.99.